The number of nitrogens with one attached hydrogen (secondary N) is 1. The minimum atomic E-state index is 0.0195. The molecule has 3 N–H and O–H groups in total. The summed E-state index contributed by atoms with van der Waals surface area (Å²) in [4.78, 5) is 0. The van der Waals surface area contributed by atoms with Gasteiger partial charge in [-0.15, -0.1) is 0 Å². The highest BCUT2D eigenvalue weighted by Crippen LogP contribution is 2.32. The Morgan fingerprint density at radius 2 is 1.55 bits per heavy atom. The first-order chi connectivity index (χ1) is 9.43. The molecule has 0 radical (unpaired) electrons. The van der Waals surface area contributed by atoms with E-state index in [1.165, 1.54) is 22.3 Å². The molecule has 0 spiro atoms. The van der Waals surface area contributed by atoms with E-state index < -0.39 is 0 Å². The number of benzene rings is 2. The number of hydrogen-bond acceptors (Lipinski definition) is 2. The van der Waals surface area contributed by atoms with Crippen LogP contribution < -0.4 is 11.3 Å². The van der Waals surface area contributed by atoms with Crippen molar-refractivity contribution in [2.24, 2.45) is 5.84 Å². The second-order valence-electron chi connectivity index (χ2n) is 6.35. The molecule has 106 valence electrons. The molecule has 0 saturated heterocycles. The van der Waals surface area contributed by atoms with E-state index in [1.54, 1.807) is 0 Å². The van der Waals surface area contributed by atoms with Gasteiger partial charge in [-0.3, -0.25) is 5.84 Å². The molecule has 20 heavy (non-hydrogen) atoms. The molecule has 0 heterocycles. The molecule has 0 fully saturated rings. The molecule has 1 unspecified atom stereocenters. The van der Waals surface area contributed by atoms with E-state index in [9.17, 15) is 0 Å². The lowest BCUT2D eigenvalue weighted by molar-refractivity contribution is 0.558. The van der Waals surface area contributed by atoms with Crippen molar-refractivity contribution in [3.8, 4) is 0 Å². The van der Waals surface area contributed by atoms with Crippen LogP contribution in [0.25, 0.3) is 0 Å². The van der Waals surface area contributed by atoms with E-state index in [0.717, 1.165) is 0 Å². The largest absolute Gasteiger partial charge is 0.271 e. The van der Waals surface area contributed by atoms with Gasteiger partial charge in [0, 0.05) is 0 Å². The number of aryl methyl sites for hydroxylation is 1. The maximum absolute atomic E-state index is 5.84. The molecule has 0 aromatic heterocycles. The molecular formula is C18H24N2. The van der Waals surface area contributed by atoms with Crippen molar-refractivity contribution in [2.45, 2.75) is 39.2 Å². The van der Waals surface area contributed by atoms with Crippen molar-refractivity contribution < 1.29 is 0 Å². The van der Waals surface area contributed by atoms with Gasteiger partial charge in [0.15, 0.2) is 0 Å². The fourth-order valence-electron chi connectivity index (χ4n) is 2.56. The van der Waals surface area contributed by atoms with Crippen LogP contribution in [0.2, 0.25) is 0 Å². The zero-order valence-electron chi connectivity index (χ0n) is 12.8. The minimum Gasteiger partial charge on any atom is -0.271 e. The molecule has 2 aromatic rings. The summed E-state index contributed by atoms with van der Waals surface area (Å²) in [5.41, 5.74) is 8.07. The normalized spacial score (nSPS) is 13.2. The third-order valence-electron chi connectivity index (χ3n) is 3.66. The third kappa shape index (κ3) is 3.09. The third-order valence-corrected chi connectivity index (χ3v) is 3.66. The summed E-state index contributed by atoms with van der Waals surface area (Å²) in [5, 5.41) is 0. The number of rotatable bonds is 3. The van der Waals surface area contributed by atoms with E-state index in [0.29, 0.717) is 0 Å². The number of nitrogens with two attached hydrogens (primary N) is 1. The molecule has 1 atom stereocenters. The molecule has 2 aromatic carbocycles. The lowest BCUT2D eigenvalue weighted by Crippen LogP contribution is -2.31. The molecule has 2 rings (SSSR count). The van der Waals surface area contributed by atoms with Crippen molar-refractivity contribution in [3.63, 3.8) is 0 Å². The summed E-state index contributed by atoms with van der Waals surface area (Å²) in [6.45, 7) is 8.79. The maximum Gasteiger partial charge on any atom is 0.0712 e. The van der Waals surface area contributed by atoms with Crippen LogP contribution in [0.5, 0.6) is 0 Å². The minimum absolute atomic E-state index is 0.0195. The SMILES string of the molecule is Cc1ccc(C(NN)c2ccccc2C(C)(C)C)cc1. The molecular weight excluding hydrogens is 244 g/mol. The van der Waals surface area contributed by atoms with Crippen LogP contribution in [0.1, 0.15) is 49.1 Å². The number of hydrogen-bond donors (Lipinski definition) is 2. The Balaban J connectivity index is 2.50. The van der Waals surface area contributed by atoms with Crippen LogP contribution in [-0.2, 0) is 5.41 Å². The van der Waals surface area contributed by atoms with Crippen LogP contribution in [-0.4, -0.2) is 0 Å². The van der Waals surface area contributed by atoms with E-state index in [2.05, 4.69) is 81.7 Å². The van der Waals surface area contributed by atoms with Crippen molar-refractivity contribution in [2.75, 3.05) is 0 Å². The Labute approximate surface area is 122 Å². The van der Waals surface area contributed by atoms with E-state index >= 15 is 0 Å². The van der Waals surface area contributed by atoms with Gasteiger partial charge < -0.3 is 0 Å². The first kappa shape index (κ1) is 14.8. The van der Waals surface area contributed by atoms with E-state index in [1.807, 2.05) is 0 Å². The smallest absolute Gasteiger partial charge is 0.0712 e. The van der Waals surface area contributed by atoms with Gasteiger partial charge in [0.25, 0.3) is 0 Å². The highest BCUT2D eigenvalue weighted by atomic mass is 15.2. The standard InChI is InChI=1S/C18H24N2/c1-13-9-11-14(12-10-13)17(20-19)15-7-5-6-8-16(15)18(2,3)4/h5-12,17,20H,19H2,1-4H3. The van der Waals surface area contributed by atoms with Gasteiger partial charge in [0.2, 0.25) is 0 Å². The monoisotopic (exact) mass is 268 g/mol. The van der Waals surface area contributed by atoms with Crippen LogP contribution >= 0.6 is 0 Å². The summed E-state index contributed by atoms with van der Waals surface area (Å²) in [6, 6.07) is 17.1. The molecule has 0 aliphatic carbocycles. The highest BCUT2D eigenvalue weighted by Gasteiger charge is 2.22. The molecule has 2 heteroatoms. The Morgan fingerprint density at radius 3 is 2.10 bits per heavy atom. The van der Waals surface area contributed by atoms with Crippen molar-refractivity contribution in [3.05, 3.63) is 70.8 Å². The van der Waals surface area contributed by atoms with E-state index in [4.69, 9.17) is 5.84 Å². The van der Waals surface area contributed by atoms with Gasteiger partial charge in [-0.2, -0.15) is 0 Å². The Bertz CT molecular complexity index is 565. The topological polar surface area (TPSA) is 38.0 Å². The lowest BCUT2D eigenvalue weighted by atomic mass is 9.80. The van der Waals surface area contributed by atoms with E-state index in [-0.39, 0.29) is 11.5 Å². The van der Waals surface area contributed by atoms with Crippen molar-refractivity contribution in [1.29, 1.82) is 0 Å². The van der Waals surface area contributed by atoms with Gasteiger partial charge in [-0.05, 0) is 29.0 Å². The Morgan fingerprint density at radius 1 is 0.950 bits per heavy atom. The predicted octanol–water partition coefficient (Wildman–Crippen LogP) is 3.85. The molecule has 0 bridgehead atoms. The fourth-order valence-corrected chi connectivity index (χ4v) is 2.56. The van der Waals surface area contributed by atoms with Crippen LogP contribution in [0.4, 0.5) is 0 Å². The zero-order chi connectivity index (χ0) is 14.8. The predicted molar refractivity (Wildman–Crippen MR) is 85.5 cm³/mol. The van der Waals surface area contributed by atoms with Gasteiger partial charge in [0.1, 0.15) is 0 Å². The second-order valence-corrected chi connectivity index (χ2v) is 6.35. The summed E-state index contributed by atoms with van der Waals surface area (Å²) in [6.07, 6.45) is 0. The summed E-state index contributed by atoms with van der Waals surface area (Å²) >= 11 is 0. The molecule has 0 saturated carbocycles. The lowest BCUT2D eigenvalue weighted by Gasteiger charge is -2.27. The summed E-state index contributed by atoms with van der Waals surface area (Å²) in [5.74, 6) is 5.84. The first-order valence-electron chi connectivity index (χ1n) is 7.05. The molecule has 2 nitrogen and oxygen atoms in total. The van der Waals surface area contributed by atoms with Gasteiger partial charge in [-0.25, -0.2) is 5.43 Å². The Hall–Kier alpha value is -1.64. The maximum atomic E-state index is 5.84. The molecule has 0 amide bonds. The first-order valence-corrected chi connectivity index (χ1v) is 7.05. The van der Waals surface area contributed by atoms with Gasteiger partial charge in [0.05, 0.1) is 6.04 Å². The summed E-state index contributed by atoms with van der Waals surface area (Å²) in [7, 11) is 0. The average molecular weight is 268 g/mol. The second kappa shape index (κ2) is 5.78. The molecule has 0 aliphatic heterocycles. The Kier molecular flexibility index (Phi) is 4.26. The zero-order valence-corrected chi connectivity index (χ0v) is 12.8. The van der Waals surface area contributed by atoms with Gasteiger partial charge >= 0.3 is 0 Å². The summed E-state index contributed by atoms with van der Waals surface area (Å²) < 4.78 is 0. The quantitative estimate of drug-likeness (QED) is 0.655. The van der Waals surface area contributed by atoms with Crippen molar-refractivity contribution >= 4 is 0 Å². The van der Waals surface area contributed by atoms with Crippen molar-refractivity contribution in [1.82, 2.24) is 5.43 Å². The molecule has 0 aliphatic rings. The van der Waals surface area contributed by atoms with Crippen LogP contribution in [0.3, 0.4) is 0 Å². The fraction of sp³-hybridized carbons (Fsp3) is 0.333. The average Bonchev–Trinajstić information content (AvgIpc) is 2.41. The van der Waals surface area contributed by atoms with Gasteiger partial charge in [-0.1, -0.05) is 74.9 Å². The van der Waals surface area contributed by atoms with Crippen LogP contribution in [0.15, 0.2) is 48.5 Å². The highest BCUT2D eigenvalue weighted by molar-refractivity contribution is 5.41. The number of hydrazine groups is 1. The van der Waals surface area contributed by atoms with Crippen LogP contribution in [0, 0.1) is 6.92 Å².